The molecule has 0 aliphatic rings. The molecule has 0 bridgehead atoms. The van der Waals surface area contributed by atoms with Crippen LogP contribution in [0.2, 0.25) is 0 Å². The van der Waals surface area contributed by atoms with Crippen LogP contribution in [0.3, 0.4) is 0 Å². The molecule has 0 amide bonds. The zero-order chi connectivity index (χ0) is 15.3. The third-order valence-corrected chi connectivity index (χ3v) is 4.74. The zero-order valence-electron chi connectivity index (χ0n) is 12.6. The lowest BCUT2D eigenvalue weighted by molar-refractivity contribution is 0.270. The van der Waals surface area contributed by atoms with Crippen molar-refractivity contribution < 1.29 is 13.5 Å². The van der Waals surface area contributed by atoms with Crippen molar-refractivity contribution in [3.63, 3.8) is 0 Å². The molecule has 1 aromatic heterocycles. The summed E-state index contributed by atoms with van der Waals surface area (Å²) in [5.41, 5.74) is 0.618. The molecule has 20 heavy (non-hydrogen) atoms. The number of aliphatic hydroxyl groups excluding tert-OH is 1. The molecule has 0 saturated carbocycles. The van der Waals surface area contributed by atoms with Gasteiger partial charge in [0.05, 0.1) is 11.5 Å². The van der Waals surface area contributed by atoms with Gasteiger partial charge in [-0.05, 0) is 33.5 Å². The molecule has 0 aliphatic carbocycles. The van der Waals surface area contributed by atoms with Crippen LogP contribution < -0.4 is 4.72 Å². The van der Waals surface area contributed by atoms with Crippen molar-refractivity contribution in [2.24, 2.45) is 0 Å². The SMILES string of the molecule is CCCn1cc(S(=O)(=O)NCC(C)N(C)C)cc1CO. The summed E-state index contributed by atoms with van der Waals surface area (Å²) >= 11 is 0. The lowest BCUT2D eigenvalue weighted by Crippen LogP contribution is -2.38. The number of nitrogens with one attached hydrogen (secondary N) is 1. The second kappa shape index (κ2) is 7.21. The minimum atomic E-state index is -3.53. The number of aryl methyl sites for hydroxylation is 1. The van der Waals surface area contributed by atoms with Crippen LogP contribution in [0, 0.1) is 0 Å². The molecule has 1 rings (SSSR count). The fourth-order valence-electron chi connectivity index (χ4n) is 1.75. The van der Waals surface area contributed by atoms with Crippen LogP contribution in [0.15, 0.2) is 17.2 Å². The highest BCUT2D eigenvalue weighted by atomic mass is 32.2. The summed E-state index contributed by atoms with van der Waals surface area (Å²) in [6.45, 7) is 4.84. The molecule has 1 unspecified atom stereocenters. The van der Waals surface area contributed by atoms with E-state index < -0.39 is 10.0 Å². The Kier molecular flexibility index (Phi) is 6.19. The van der Waals surface area contributed by atoms with Crippen molar-refractivity contribution in [3.8, 4) is 0 Å². The molecule has 7 heteroatoms. The summed E-state index contributed by atoms with van der Waals surface area (Å²) < 4.78 is 28.8. The first-order valence-corrected chi connectivity index (χ1v) is 8.26. The average Bonchev–Trinajstić information content (AvgIpc) is 2.80. The van der Waals surface area contributed by atoms with E-state index in [0.29, 0.717) is 18.8 Å². The van der Waals surface area contributed by atoms with Crippen LogP contribution in [0.25, 0.3) is 0 Å². The van der Waals surface area contributed by atoms with Crippen molar-refractivity contribution >= 4 is 10.0 Å². The molecule has 6 nitrogen and oxygen atoms in total. The van der Waals surface area contributed by atoms with Gasteiger partial charge >= 0.3 is 0 Å². The predicted molar refractivity (Wildman–Crippen MR) is 79.0 cm³/mol. The Hall–Kier alpha value is -0.890. The van der Waals surface area contributed by atoms with Gasteiger partial charge in [-0.1, -0.05) is 6.92 Å². The molecular formula is C13H25N3O3S. The van der Waals surface area contributed by atoms with E-state index in [1.165, 1.54) is 6.07 Å². The van der Waals surface area contributed by atoms with Gasteiger partial charge < -0.3 is 14.6 Å². The molecule has 0 fully saturated rings. The van der Waals surface area contributed by atoms with Crippen LogP contribution in [0.5, 0.6) is 0 Å². The Morgan fingerprint density at radius 3 is 2.60 bits per heavy atom. The summed E-state index contributed by atoms with van der Waals surface area (Å²) in [5, 5.41) is 9.27. The quantitative estimate of drug-likeness (QED) is 0.738. The Labute approximate surface area is 121 Å². The Morgan fingerprint density at radius 1 is 1.45 bits per heavy atom. The number of aromatic nitrogens is 1. The van der Waals surface area contributed by atoms with E-state index in [1.807, 2.05) is 32.8 Å². The highest BCUT2D eigenvalue weighted by Gasteiger charge is 2.19. The van der Waals surface area contributed by atoms with E-state index >= 15 is 0 Å². The van der Waals surface area contributed by atoms with Gasteiger partial charge in [-0.3, -0.25) is 0 Å². The number of aliphatic hydroxyl groups is 1. The van der Waals surface area contributed by atoms with Gasteiger partial charge in [0.2, 0.25) is 10.0 Å². The van der Waals surface area contributed by atoms with E-state index in [2.05, 4.69) is 4.72 Å². The lowest BCUT2D eigenvalue weighted by Gasteiger charge is -2.19. The van der Waals surface area contributed by atoms with E-state index in [1.54, 1.807) is 10.8 Å². The maximum Gasteiger partial charge on any atom is 0.242 e. The summed E-state index contributed by atoms with van der Waals surface area (Å²) in [6, 6.07) is 1.64. The van der Waals surface area contributed by atoms with Gasteiger partial charge in [0, 0.05) is 31.0 Å². The summed E-state index contributed by atoms with van der Waals surface area (Å²) in [4.78, 5) is 2.16. The fourth-order valence-corrected chi connectivity index (χ4v) is 2.93. The van der Waals surface area contributed by atoms with Crippen LogP contribution in [-0.4, -0.2) is 49.7 Å². The third kappa shape index (κ3) is 4.31. The lowest BCUT2D eigenvalue weighted by atomic mass is 10.3. The smallest absolute Gasteiger partial charge is 0.242 e. The molecule has 0 aromatic carbocycles. The van der Waals surface area contributed by atoms with Crippen LogP contribution >= 0.6 is 0 Å². The average molecular weight is 303 g/mol. The Morgan fingerprint density at radius 2 is 2.10 bits per heavy atom. The van der Waals surface area contributed by atoms with Crippen LogP contribution in [-0.2, 0) is 23.2 Å². The number of hydrogen-bond acceptors (Lipinski definition) is 4. The summed E-state index contributed by atoms with van der Waals surface area (Å²) in [5.74, 6) is 0. The van der Waals surface area contributed by atoms with Gasteiger partial charge in [0.1, 0.15) is 0 Å². The number of nitrogens with zero attached hydrogens (tertiary/aromatic N) is 2. The van der Waals surface area contributed by atoms with Gasteiger partial charge in [-0.2, -0.15) is 0 Å². The van der Waals surface area contributed by atoms with E-state index in [4.69, 9.17) is 0 Å². The maximum absolute atomic E-state index is 12.2. The van der Waals surface area contributed by atoms with Gasteiger partial charge in [0.15, 0.2) is 0 Å². The largest absolute Gasteiger partial charge is 0.390 e. The molecule has 2 N–H and O–H groups in total. The minimum absolute atomic E-state index is 0.111. The van der Waals surface area contributed by atoms with Gasteiger partial charge in [-0.15, -0.1) is 0 Å². The first kappa shape index (κ1) is 17.2. The molecule has 0 spiro atoms. The second-order valence-electron chi connectivity index (χ2n) is 5.18. The molecular weight excluding hydrogens is 278 g/mol. The maximum atomic E-state index is 12.2. The Balaban J connectivity index is 2.87. The minimum Gasteiger partial charge on any atom is -0.390 e. The van der Waals surface area contributed by atoms with E-state index in [-0.39, 0.29) is 17.5 Å². The highest BCUT2D eigenvalue weighted by molar-refractivity contribution is 7.89. The number of hydrogen-bond donors (Lipinski definition) is 2. The third-order valence-electron chi connectivity index (χ3n) is 3.35. The molecule has 0 aliphatic heterocycles. The molecule has 1 heterocycles. The van der Waals surface area contributed by atoms with Crippen molar-refractivity contribution in [2.45, 2.75) is 44.4 Å². The summed E-state index contributed by atoms with van der Waals surface area (Å²) in [7, 11) is 0.279. The number of rotatable bonds is 8. The molecule has 1 atom stereocenters. The van der Waals surface area contributed by atoms with Crippen molar-refractivity contribution in [2.75, 3.05) is 20.6 Å². The van der Waals surface area contributed by atoms with Gasteiger partial charge in [0.25, 0.3) is 0 Å². The zero-order valence-corrected chi connectivity index (χ0v) is 13.4. The Bertz CT molecular complexity index is 523. The predicted octanol–water partition coefficient (Wildman–Crippen LogP) is 0.619. The monoisotopic (exact) mass is 303 g/mol. The standard InChI is InChI=1S/C13H25N3O3S/c1-5-6-16-9-13(7-12(16)10-17)20(18,19)14-8-11(2)15(3)4/h7,9,11,14,17H,5-6,8,10H2,1-4H3. The molecule has 0 radical (unpaired) electrons. The van der Waals surface area contributed by atoms with Gasteiger partial charge in [-0.25, -0.2) is 13.1 Å². The van der Waals surface area contributed by atoms with Crippen molar-refractivity contribution in [1.29, 1.82) is 0 Å². The van der Waals surface area contributed by atoms with Crippen LogP contribution in [0.1, 0.15) is 26.0 Å². The number of likely N-dealkylation sites (N-methyl/N-ethyl adjacent to an activating group) is 1. The van der Waals surface area contributed by atoms with Crippen molar-refractivity contribution in [3.05, 3.63) is 18.0 Å². The first-order chi connectivity index (χ1) is 9.31. The molecule has 1 aromatic rings. The normalized spacial score (nSPS) is 13.9. The van der Waals surface area contributed by atoms with E-state index in [9.17, 15) is 13.5 Å². The highest BCUT2D eigenvalue weighted by Crippen LogP contribution is 2.15. The topological polar surface area (TPSA) is 74.6 Å². The summed E-state index contributed by atoms with van der Waals surface area (Å²) in [6.07, 6.45) is 2.46. The second-order valence-corrected chi connectivity index (χ2v) is 6.95. The van der Waals surface area contributed by atoms with E-state index in [0.717, 1.165) is 6.42 Å². The molecule has 116 valence electrons. The fraction of sp³-hybridized carbons (Fsp3) is 0.692. The van der Waals surface area contributed by atoms with Crippen LogP contribution in [0.4, 0.5) is 0 Å². The number of sulfonamides is 1. The molecule has 0 saturated heterocycles. The van der Waals surface area contributed by atoms with Crippen molar-refractivity contribution in [1.82, 2.24) is 14.2 Å². The first-order valence-electron chi connectivity index (χ1n) is 6.77.